The second kappa shape index (κ2) is 4.77. The Labute approximate surface area is 108 Å². The van der Waals surface area contributed by atoms with Crippen LogP contribution in [-0.4, -0.2) is 8.05 Å². The molecule has 1 amide bonds. The number of nitrogens with one attached hydrogen (secondary N) is 1. The summed E-state index contributed by atoms with van der Waals surface area (Å²) in [6, 6.07) is 7.59. The summed E-state index contributed by atoms with van der Waals surface area (Å²) in [5, 5.41) is 2.77. The summed E-state index contributed by atoms with van der Waals surface area (Å²) in [5.74, 6) is -0.202. The molecule has 0 aromatic heterocycles. The van der Waals surface area contributed by atoms with Crippen LogP contribution in [-0.2, 0) is 4.79 Å². The monoisotopic (exact) mass is 383 g/mol. The summed E-state index contributed by atoms with van der Waals surface area (Å²) in [5.41, 5.74) is 1.83. The number of carbonyl (C=O) groups excluding carboxylic acids is 1. The van der Waals surface area contributed by atoms with Crippen LogP contribution in [0.25, 0.3) is 0 Å². The van der Waals surface area contributed by atoms with E-state index < -0.39 is 2.14 Å². The number of anilines is 1. The first-order valence-electron chi connectivity index (χ1n) is 3.85. The van der Waals surface area contributed by atoms with E-state index in [1.165, 1.54) is 0 Å². The average Bonchev–Trinajstić information content (AvgIpc) is 2.07. The number of alkyl halides is 3. The molecule has 0 spiro atoms. The summed E-state index contributed by atoms with van der Waals surface area (Å²) in [4.78, 5) is 11.5. The highest BCUT2D eigenvalue weighted by molar-refractivity contribution is 9.40. The van der Waals surface area contributed by atoms with Crippen molar-refractivity contribution in [1.29, 1.82) is 0 Å². The van der Waals surface area contributed by atoms with Gasteiger partial charge >= 0.3 is 0 Å². The van der Waals surface area contributed by atoms with E-state index in [-0.39, 0.29) is 5.91 Å². The van der Waals surface area contributed by atoms with Gasteiger partial charge in [-0.25, -0.2) is 0 Å². The number of amides is 1. The van der Waals surface area contributed by atoms with Crippen molar-refractivity contribution >= 4 is 59.4 Å². The van der Waals surface area contributed by atoms with Gasteiger partial charge in [0.25, 0.3) is 5.91 Å². The fraction of sp³-hybridized carbons (Fsp3) is 0.222. The zero-order valence-electron chi connectivity index (χ0n) is 7.35. The molecule has 2 nitrogen and oxygen atoms in total. The maximum atomic E-state index is 11.5. The van der Waals surface area contributed by atoms with Gasteiger partial charge in [-0.2, -0.15) is 0 Å². The summed E-state index contributed by atoms with van der Waals surface area (Å²) >= 11 is 9.44. The van der Waals surface area contributed by atoms with Gasteiger partial charge in [-0.15, -0.1) is 0 Å². The Hall–Kier alpha value is 0.130. The summed E-state index contributed by atoms with van der Waals surface area (Å²) in [7, 11) is 0. The van der Waals surface area contributed by atoms with Gasteiger partial charge in [-0.3, -0.25) is 4.79 Å². The predicted molar refractivity (Wildman–Crippen MR) is 69.3 cm³/mol. The van der Waals surface area contributed by atoms with Crippen molar-refractivity contribution in [2.24, 2.45) is 0 Å². The summed E-state index contributed by atoms with van der Waals surface area (Å²) in [6.45, 7) is 1.94. The Morgan fingerprint density at radius 1 is 1.29 bits per heavy atom. The second-order valence-corrected chi connectivity index (χ2v) is 9.53. The number of para-hydroxylation sites is 1. The van der Waals surface area contributed by atoms with E-state index in [0.717, 1.165) is 11.3 Å². The lowest BCUT2D eigenvalue weighted by atomic mass is 10.2. The molecule has 0 aliphatic rings. The molecule has 0 saturated heterocycles. The van der Waals surface area contributed by atoms with Crippen molar-refractivity contribution in [3.63, 3.8) is 0 Å². The molecule has 0 fully saturated rings. The molecule has 0 saturated carbocycles. The Morgan fingerprint density at radius 3 is 2.36 bits per heavy atom. The van der Waals surface area contributed by atoms with Crippen LogP contribution in [0.15, 0.2) is 24.3 Å². The fourth-order valence-corrected chi connectivity index (χ4v) is 1.20. The lowest BCUT2D eigenvalue weighted by Crippen LogP contribution is -2.25. The molecule has 0 atom stereocenters. The third-order valence-electron chi connectivity index (χ3n) is 1.65. The van der Waals surface area contributed by atoms with E-state index in [1.54, 1.807) is 0 Å². The Bertz CT molecular complexity index is 346. The standard InChI is InChI=1S/C9H8Br3NO/c1-6-4-2-3-5-7(6)13-8(14)9(10,11)12/h2-5H,1H3,(H,13,14). The Morgan fingerprint density at radius 2 is 1.86 bits per heavy atom. The molecule has 5 heteroatoms. The van der Waals surface area contributed by atoms with E-state index in [9.17, 15) is 4.79 Å². The molecule has 0 unspecified atom stereocenters. The van der Waals surface area contributed by atoms with Gasteiger partial charge in [0, 0.05) is 5.69 Å². The molecule has 0 radical (unpaired) electrons. The summed E-state index contributed by atoms with van der Waals surface area (Å²) in [6.07, 6.45) is 0. The highest BCUT2D eigenvalue weighted by Gasteiger charge is 2.28. The van der Waals surface area contributed by atoms with Crippen LogP contribution in [0.3, 0.4) is 0 Å². The minimum absolute atomic E-state index is 0.202. The fourth-order valence-electron chi connectivity index (χ4n) is 0.906. The van der Waals surface area contributed by atoms with Crippen LogP contribution >= 0.6 is 47.8 Å². The van der Waals surface area contributed by atoms with Crippen LogP contribution in [0.1, 0.15) is 5.56 Å². The Balaban J connectivity index is 2.80. The summed E-state index contributed by atoms with van der Waals surface area (Å²) < 4.78 is -0.907. The average molecular weight is 386 g/mol. The zero-order chi connectivity index (χ0) is 10.8. The largest absolute Gasteiger partial charge is 0.323 e. The number of carbonyl (C=O) groups is 1. The molecule has 0 bridgehead atoms. The van der Waals surface area contributed by atoms with Crippen molar-refractivity contribution in [2.75, 3.05) is 5.32 Å². The van der Waals surface area contributed by atoms with Crippen LogP contribution in [0.5, 0.6) is 0 Å². The van der Waals surface area contributed by atoms with Gasteiger partial charge in [-0.05, 0) is 66.3 Å². The minimum atomic E-state index is -0.907. The maximum absolute atomic E-state index is 11.5. The first-order valence-corrected chi connectivity index (χ1v) is 6.23. The molecule has 1 N–H and O–H groups in total. The number of hydrogen-bond donors (Lipinski definition) is 1. The van der Waals surface area contributed by atoms with Gasteiger partial charge in [0.1, 0.15) is 0 Å². The molecule has 14 heavy (non-hydrogen) atoms. The zero-order valence-corrected chi connectivity index (χ0v) is 12.1. The highest BCUT2D eigenvalue weighted by atomic mass is 80.0. The molecule has 1 aromatic carbocycles. The van der Waals surface area contributed by atoms with E-state index in [1.807, 2.05) is 31.2 Å². The van der Waals surface area contributed by atoms with Crippen LogP contribution in [0.2, 0.25) is 0 Å². The third-order valence-corrected chi connectivity index (χ3v) is 2.73. The van der Waals surface area contributed by atoms with Gasteiger partial charge in [0.05, 0.1) is 0 Å². The number of hydrogen-bond acceptors (Lipinski definition) is 1. The molecule has 1 aromatic rings. The normalized spacial score (nSPS) is 11.1. The van der Waals surface area contributed by atoms with Crippen molar-refractivity contribution in [3.05, 3.63) is 29.8 Å². The molecule has 0 heterocycles. The van der Waals surface area contributed by atoms with Gasteiger partial charge in [-0.1, -0.05) is 18.2 Å². The van der Waals surface area contributed by atoms with Crippen LogP contribution in [0, 0.1) is 6.92 Å². The molecular formula is C9H8Br3NO. The predicted octanol–water partition coefficient (Wildman–Crippen LogP) is 3.77. The molecule has 1 rings (SSSR count). The Kier molecular flexibility index (Phi) is 4.15. The van der Waals surface area contributed by atoms with E-state index >= 15 is 0 Å². The van der Waals surface area contributed by atoms with Crippen molar-refractivity contribution in [1.82, 2.24) is 0 Å². The third kappa shape index (κ3) is 3.37. The molecular weight excluding hydrogens is 378 g/mol. The number of aryl methyl sites for hydroxylation is 1. The van der Waals surface area contributed by atoms with Crippen LogP contribution < -0.4 is 5.32 Å². The lowest BCUT2D eigenvalue weighted by molar-refractivity contribution is -0.114. The number of halogens is 3. The van der Waals surface area contributed by atoms with Crippen LogP contribution in [0.4, 0.5) is 5.69 Å². The number of benzene rings is 1. The first kappa shape index (κ1) is 12.2. The highest BCUT2D eigenvalue weighted by Crippen LogP contribution is 2.34. The number of rotatable bonds is 1. The van der Waals surface area contributed by atoms with Gasteiger partial charge in [0.2, 0.25) is 2.14 Å². The topological polar surface area (TPSA) is 29.1 Å². The lowest BCUT2D eigenvalue weighted by Gasteiger charge is -2.13. The van der Waals surface area contributed by atoms with Crippen molar-refractivity contribution < 1.29 is 4.79 Å². The van der Waals surface area contributed by atoms with Crippen molar-refractivity contribution in [2.45, 2.75) is 9.07 Å². The quantitative estimate of drug-likeness (QED) is 0.732. The maximum Gasteiger partial charge on any atom is 0.263 e. The van der Waals surface area contributed by atoms with Gasteiger partial charge < -0.3 is 5.32 Å². The second-order valence-electron chi connectivity index (χ2n) is 2.77. The van der Waals surface area contributed by atoms with Crippen molar-refractivity contribution in [3.8, 4) is 0 Å². The smallest absolute Gasteiger partial charge is 0.263 e. The molecule has 0 aliphatic heterocycles. The van der Waals surface area contributed by atoms with E-state index in [0.29, 0.717) is 0 Å². The first-order chi connectivity index (χ1) is 6.41. The minimum Gasteiger partial charge on any atom is -0.323 e. The van der Waals surface area contributed by atoms with E-state index in [2.05, 4.69) is 53.1 Å². The van der Waals surface area contributed by atoms with E-state index in [4.69, 9.17) is 0 Å². The SMILES string of the molecule is Cc1ccccc1NC(=O)C(Br)(Br)Br. The molecule has 0 aliphatic carbocycles. The molecule has 76 valence electrons. The van der Waals surface area contributed by atoms with Gasteiger partial charge in [0.15, 0.2) is 0 Å².